The van der Waals surface area contributed by atoms with E-state index < -0.39 is 17.3 Å². The molecule has 1 aliphatic carbocycles. The van der Waals surface area contributed by atoms with Gasteiger partial charge in [0, 0.05) is 12.6 Å². The van der Waals surface area contributed by atoms with Gasteiger partial charge in [0.05, 0.1) is 11.8 Å². The van der Waals surface area contributed by atoms with Gasteiger partial charge in [-0.1, -0.05) is 27.7 Å². The van der Waals surface area contributed by atoms with E-state index in [0.717, 1.165) is 0 Å². The topological polar surface area (TPSA) is 57.6 Å². The SMILES string of the molecule is CC(C)CN(C(=O)[C@H]1[C@@H](C(=O)O)C1(C)C)C(C)C. The molecule has 1 saturated carbocycles. The van der Waals surface area contributed by atoms with Gasteiger partial charge >= 0.3 is 5.97 Å². The van der Waals surface area contributed by atoms with Crippen molar-refractivity contribution in [1.29, 1.82) is 0 Å². The molecule has 1 fully saturated rings. The molecule has 0 aromatic rings. The van der Waals surface area contributed by atoms with E-state index in [1.54, 1.807) is 0 Å². The molecule has 4 heteroatoms. The summed E-state index contributed by atoms with van der Waals surface area (Å²) in [4.78, 5) is 25.4. The average Bonchev–Trinajstić information content (AvgIpc) is 2.76. The van der Waals surface area contributed by atoms with Gasteiger partial charge in [-0.15, -0.1) is 0 Å². The summed E-state index contributed by atoms with van der Waals surface area (Å²) in [5.41, 5.74) is -0.410. The number of carbonyl (C=O) groups excluding carboxylic acids is 1. The Hall–Kier alpha value is -1.06. The van der Waals surface area contributed by atoms with Crippen LogP contribution >= 0.6 is 0 Å². The molecular weight excluding hydrogens is 230 g/mol. The minimum absolute atomic E-state index is 0.00361. The first-order valence-electron chi connectivity index (χ1n) is 6.64. The van der Waals surface area contributed by atoms with Gasteiger partial charge in [0.15, 0.2) is 0 Å². The number of hydrogen-bond acceptors (Lipinski definition) is 2. The number of nitrogens with zero attached hydrogens (tertiary/aromatic N) is 1. The van der Waals surface area contributed by atoms with Crippen LogP contribution in [0.1, 0.15) is 41.5 Å². The van der Waals surface area contributed by atoms with Crippen molar-refractivity contribution in [3.63, 3.8) is 0 Å². The predicted molar refractivity (Wildman–Crippen MR) is 70.1 cm³/mol. The summed E-state index contributed by atoms with van der Waals surface area (Å²) in [6.07, 6.45) is 0. The molecule has 0 radical (unpaired) electrons. The fourth-order valence-corrected chi connectivity index (χ4v) is 2.69. The zero-order valence-electron chi connectivity index (χ0n) is 12.2. The smallest absolute Gasteiger partial charge is 0.307 e. The second kappa shape index (κ2) is 4.90. The number of rotatable bonds is 5. The molecule has 104 valence electrons. The van der Waals surface area contributed by atoms with Crippen molar-refractivity contribution < 1.29 is 14.7 Å². The zero-order chi connectivity index (χ0) is 14.2. The Balaban J connectivity index is 2.83. The molecule has 1 rings (SSSR count). The van der Waals surface area contributed by atoms with Crippen molar-refractivity contribution in [3.05, 3.63) is 0 Å². The molecular formula is C14H25NO3. The molecule has 1 N–H and O–H groups in total. The molecule has 0 aromatic heterocycles. The largest absolute Gasteiger partial charge is 0.481 e. The number of carboxylic acids is 1. The standard InChI is InChI=1S/C14H25NO3/c1-8(2)7-15(9(3)4)12(16)10-11(13(17)18)14(10,5)6/h8-11H,7H2,1-6H3,(H,17,18)/t10-,11+/m1/s1. The Kier molecular flexibility index (Phi) is 4.08. The minimum atomic E-state index is -0.855. The lowest BCUT2D eigenvalue weighted by Gasteiger charge is -2.29. The van der Waals surface area contributed by atoms with E-state index in [1.807, 2.05) is 32.6 Å². The maximum Gasteiger partial charge on any atom is 0.307 e. The van der Waals surface area contributed by atoms with E-state index in [1.165, 1.54) is 0 Å². The third-order valence-corrected chi connectivity index (χ3v) is 3.83. The fraction of sp³-hybridized carbons (Fsp3) is 0.857. The molecule has 0 unspecified atom stereocenters. The summed E-state index contributed by atoms with van der Waals surface area (Å²) in [5.74, 6) is -1.36. The highest BCUT2D eigenvalue weighted by Gasteiger charge is 2.66. The van der Waals surface area contributed by atoms with Crippen LogP contribution in [0.4, 0.5) is 0 Å². The fourth-order valence-electron chi connectivity index (χ4n) is 2.69. The normalized spacial score (nSPS) is 25.3. The number of carbonyl (C=O) groups is 2. The second-order valence-corrected chi connectivity index (χ2v) is 6.59. The third kappa shape index (κ3) is 2.68. The van der Waals surface area contributed by atoms with Crippen LogP contribution in [0.5, 0.6) is 0 Å². The predicted octanol–water partition coefficient (Wildman–Crippen LogP) is 2.24. The van der Waals surface area contributed by atoms with Crippen LogP contribution in [-0.2, 0) is 9.59 Å². The monoisotopic (exact) mass is 255 g/mol. The van der Waals surface area contributed by atoms with Gasteiger partial charge in [0.25, 0.3) is 0 Å². The maximum atomic E-state index is 12.5. The van der Waals surface area contributed by atoms with Crippen molar-refractivity contribution >= 4 is 11.9 Å². The number of aliphatic carboxylic acids is 1. The van der Waals surface area contributed by atoms with Gasteiger partial charge in [-0.25, -0.2) is 0 Å². The van der Waals surface area contributed by atoms with Crippen LogP contribution < -0.4 is 0 Å². The van der Waals surface area contributed by atoms with Gasteiger partial charge in [0.1, 0.15) is 0 Å². The molecule has 2 atom stereocenters. The second-order valence-electron chi connectivity index (χ2n) is 6.59. The first-order valence-corrected chi connectivity index (χ1v) is 6.64. The van der Waals surface area contributed by atoms with Crippen LogP contribution in [0, 0.1) is 23.2 Å². The van der Waals surface area contributed by atoms with E-state index in [2.05, 4.69) is 13.8 Å². The molecule has 0 spiro atoms. The third-order valence-electron chi connectivity index (χ3n) is 3.83. The molecule has 1 amide bonds. The lowest BCUT2D eigenvalue weighted by Crippen LogP contribution is -2.41. The molecule has 0 bridgehead atoms. The summed E-state index contributed by atoms with van der Waals surface area (Å²) in [6, 6.07) is 0.116. The van der Waals surface area contributed by atoms with Crippen LogP contribution in [-0.4, -0.2) is 34.5 Å². The summed E-state index contributed by atoms with van der Waals surface area (Å²) in [5, 5.41) is 9.14. The van der Waals surface area contributed by atoms with E-state index in [9.17, 15) is 9.59 Å². The van der Waals surface area contributed by atoms with Gasteiger partial charge in [-0.2, -0.15) is 0 Å². The van der Waals surface area contributed by atoms with Crippen molar-refractivity contribution in [1.82, 2.24) is 4.90 Å². The van der Waals surface area contributed by atoms with Gasteiger partial charge in [-0.05, 0) is 25.2 Å². The zero-order valence-corrected chi connectivity index (χ0v) is 12.2. The van der Waals surface area contributed by atoms with Crippen molar-refractivity contribution in [2.75, 3.05) is 6.54 Å². The molecule has 4 nitrogen and oxygen atoms in total. The van der Waals surface area contributed by atoms with Gasteiger partial charge in [0.2, 0.25) is 5.91 Å². The van der Waals surface area contributed by atoms with Crippen LogP contribution in [0.2, 0.25) is 0 Å². The molecule has 18 heavy (non-hydrogen) atoms. The van der Waals surface area contributed by atoms with Crippen molar-refractivity contribution in [2.45, 2.75) is 47.6 Å². The van der Waals surface area contributed by atoms with Crippen LogP contribution in [0.15, 0.2) is 0 Å². The minimum Gasteiger partial charge on any atom is -0.481 e. The number of amides is 1. The molecule has 0 heterocycles. The van der Waals surface area contributed by atoms with Gasteiger partial charge in [-0.3, -0.25) is 9.59 Å². The highest BCUT2D eigenvalue weighted by Crippen LogP contribution is 2.59. The lowest BCUT2D eigenvalue weighted by molar-refractivity contribution is -0.142. The Morgan fingerprint density at radius 1 is 1.17 bits per heavy atom. The quantitative estimate of drug-likeness (QED) is 0.819. The summed E-state index contributed by atoms with van der Waals surface area (Å²) >= 11 is 0. The lowest BCUT2D eigenvalue weighted by atomic mass is 10.1. The van der Waals surface area contributed by atoms with E-state index in [4.69, 9.17) is 5.11 Å². The van der Waals surface area contributed by atoms with E-state index >= 15 is 0 Å². The molecule has 0 aliphatic heterocycles. The maximum absolute atomic E-state index is 12.5. The highest BCUT2D eigenvalue weighted by molar-refractivity contribution is 5.91. The van der Waals surface area contributed by atoms with Crippen molar-refractivity contribution in [2.24, 2.45) is 23.2 Å². The van der Waals surface area contributed by atoms with Crippen LogP contribution in [0.3, 0.4) is 0 Å². The number of hydrogen-bond donors (Lipinski definition) is 1. The van der Waals surface area contributed by atoms with Crippen LogP contribution in [0.25, 0.3) is 0 Å². The van der Waals surface area contributed by atoms with Crippen molar-refractivity contribution in [3.8, 4) is 0 Å². The Morgan fingerprint density at radius 3 is 1.94 bits per heavy atom. The first kappa shape index (κ1) is 15.0. The molecule has 1 aliphatic rings. The molecule has 0 aromatic carbocycles. The summed E-state index contributed by atoms with van der Waals surface area (Å²) < 4.78 is 0. The highest BCUT2D eigenvalue weighted by atomic mass is 16.4. The first-order chi connectivity index (χ1) is 8.10. The number of carboxylic acid groups (broad SMARTS) is 1. The summed E-state index contributed by atoms with van der Waals surface area (Å²) in [7, 11) is 0. The molecule has 0 saturated heterocycles. The van der Waals surface area contributed by atoms with Gasteiger partial charge < -0.3 is 10.0 Å². The van der Waals surface area contributed by atoms with E-state index in [-0.39, 0.29) is 17.9 Å². The Labute approximate surface area is 109 Å². The average molecular weight is 255 g/mol. The Morgan fingerprint density at radius 2 is 1.67 bits per heavy atom. The summed E-state index contributed by atoms with van der Waals surface area (Å²) in [6.45, 7) is 12.5. The Bertz CT molecular complexity index is 347. The van der Waals surface area contributed by atoms with E-state index in [0.29, 0.717) is 12.5 Å².